The van der Waals surface area contributed by atoms with Gasteiger partial charge < -0.3 is 14.7 Å². The van der Waals surface area contributed by atoms with Crippen molar-refractivity contribution in [2.75, 3.05) is 39.4 Å². The highest BCUT2D eigenvalue weighted by Gasteiger charge is 2.45. The second kappa shape index (κ2) is 10.1. The van der Waals surface area contributed by atoms with Crippen LogP contribution in [0.25, 0.3) is 5.76 Å². The van der Waals surface area contributed by atoms with E-state index in [1.165, 1.54) is 29.2 Å². The number of morpholine rings is 1. The highest BCUT2D eigenvalue weighted by molar-refractivity contribution is 6.46. The van der Waals surface area contributed by atoms with Crippen molar-refractivity contribution in [3.63, 3.8) is 0 Å². The van der Waals surface area contributed by atoms with E-state index in [0.717, 1.165) is 25.2 Å². The Morgan fingerprint density at radius 2 is 1.71 bits per heavy atom. The predicted octanol–water partition coefficient (Wildman–Crippen LogP) is 3.05. The number of aliphatic hydroxyl groups excluding tert-OH is 1. The van der Waals surface area contributed by atoms with Gasteiger partial charge in [0.1, 0.15) is 5.76 Å². The second-order valence-corrected chi connectivity index (χ2v) is 8.51. The highest BCUT2D eigenvalue weighted by Crippen LogP contribution is 2.39. The molecule has 2 aromatic carbocycles. The third-order valence-electron chi connectivity index (χ3n) is 6.26. The van der Waals surface area contributed by atoms with Gasteiger partial charge in [-0.2, -0.15) is 0 Å². The van der Waals surface area contributed by atoms with Crippen LogP contribution in [0.2, 0.25) is 0 Å². The highest BCUT2D eigenvalue weighted by atomic mass is 16.6. The molecule has 0 saturated carbocycles. The molecule has 2 aromatic rings. The van der Waals surface area contributed by atoms with E-state index in [2.05, 4.69) is 4.90 Å². The van der Waals surface area contributed by atoms with Gasteiger partial charge >= 0.3 is 0 Å². The molecule has 2 saturated heterocycles. The molecule has 0 spiro atoms. The number of nitro benzene ring substituents is 1. The van der Waals surface area contributed by atoms with E-state index in [-0.39, 0.29) is 17.0 Å². The maximum atomic E-state index is 13.1. The summed E-state index contributed by atoms with van der Waals surface area (Å²) in [6.07, 6.45) is 0.640. The summed E-state index contributed by atoms with van der Waals surface area (Å²) in [5.74, 6) is -1.69. The second-order valence-electron chi connectivity index (χ2n) is 8.51. The molecular formula is C25H27N3O6. The molecule has 2 aliphatic heterocycles. The number of Topliss-reactive ketones (excluding diaryl/α,β-unsaturated/α-hetero) is 1. The number of hydrogen-bond acceptors (Lipinski definition) is 7. The zero-order valence-corrected chi connectivity index (χ0v) is 19.0. The quantitative estimate of drug-likeness (QED) is 0.220. The Morgan fingerprint density at radius 1 is 1.06 bits per heavy atom. The van der Waals surface area contributed by atoms with Crippen LogP contribution >= 0.6 is 0 Å². The first-order chi connectivity index (χ1) is 16.4. The molecular weight excluding hydrogens is 438 g/mol. The molecule has 1 atom stereocenters. The van der Waals surface area contributed by atoms with Gasteiger partial charge in [0.15, 0.2) is 0 Å². The predicted molar refractivity (Wildman–Crippen MR) is 125 cm³/mol. The monoisotopic (exact) mass is 465 g/mol. The molecule has 0 bridgehead atoms. The smallest absolute Gasteiger partial charge is 0.295 e. The number of ether oxygens (including phenoxy) is 1. The summed E-state index contributed by atoms with van der Waals surface area (Å²) >= 11 is 0. The van der Waals surface area contributed by atoms with Crippen molar-refractivity contribution in [3.05, 3.63) is 80.9 Å². The normalized spacial score (nSPS) is 20.6. The van der Waals surface area contributed by atoms with Crippen LogP contribution in [-0.2, 0) is 14.3 Å². The van der Waals surface area contributed by atoms with Gasteiger partial charge in [0.05, 0.1) is 29.8 Å². The number of non-ortho nitro benzene ring substituents is 1. The average Bonchev–Trinajstić information content (AvgIpc) is 3.10. The number of benzene rings is 2. The first-order valence-corrected chi connectivity index (χ1v) is 11.3. The van der Waals surface area contributed by atoms with Crippen molar-refractivity contribution in [3.8, 4) is 0 Å². The average molecular weight is 466 g/mol. The SMILES string of the molecule is Cc1ccc(/C(O)=C2\C(=O)C(=O)N(CCCN3CCOCC3)[C@H]2c2ccc([N+](=O)[O-])cc2)cc1. The first-order valence-electron chi connectivity index (χ1n) is 11.3. The van der Waals surface area contributed by atoms with Crippen molar-refractivity contribution in [2.24, 2.45) is 0 Å². The minimum Gasteiger partial charge on any atom is -0.507 e. The van der Waals surface area contributed by atoms with E-state index in [4.69, 9.17) is 4.74 Å². The number of rotatable bonds is 7. The third-order valence-corrected chi connectivity index (χ3v) is 6.26. The molecule has 1 N–H and O–H groups in total. The number of aliphatic hydroxyl groups is 1. The van der Waals surface area contributed by atoms with E-state index in [1.807, 2.05) is 19.1 Å². The largest absolute Gasteiger partial charge is 0.507 e. The molecule has 0 unspecified atom stereocenters. The summed E-state index contributed by atoms with van der Waals surface area (Å²) < 4.78 is 5.37. The maximum Gasteiger partial charge on any atom is 0.295 e. The van der Waals surface area contributed by atoms with Crippen LogP contribution in [-0.4, -0.2) is 70.9 Å². The molecule has 178 valence electrons. The molecule has 0 aromatic heterocycles. The number of carbonyl (C=O) groups excluding carboxylic acids is 2. The van der Waals surface area contributed by atoms with Gasteiger partial charge in [0.25, 0.3) is 17.4 Å². The Morgan fingerprint density at radius 3 is 2.32 bits per heavy atom. The Balaban J connectivity index is 1.68. The van der Waals surface area contributed by atoms with E-state index < -0.39 is 22.7 Å². The van der Waals surface area contributed by atoms with Crippen molar-refractivity contribution in [1.82, 2.24) is 9.80 Å². The Kier molecular flexibility index (Phi) is 7.04. The van der Waals surface area contributed by atoms with Gasteiger partial charge in [-0.05, 0) is 31.0 Å². The first kappa shape index (κ1) is 23.6. The van der Waals surface area contributed by atoms with Crippen LogP contribution in [0.3, 0.4) is 0 Å². The number of amides is 1. The Hall–Kier alpha value is -3.56. The summed E-state index contributed by atoms with van der Waals surface area (Å²) in [5.41, 5.74) is 1.86. The lowest BCUT2D eigenvalue weighted by Gasteiger charge is -2.29. The molecule has 9 heteroatoms. The van der Waals surface area contributed by atoms with Crippen molar-refractivity contribution in [1.29, 1.82) is 0 Å². The lowest BCUT2D eigenvalue weighted by atomic mass is 9.95. The van der Waals surface area contributed by atoms with Crippen LogP contribution in [0.1, 0.15) is 29.2 Å². The number of nitrogens with zero attached hydrogens (tertiary/aromatic N) is 3. The van der Waals surface area contributed by atoms with Crippen LogP contribution in [0.4, 0.5) is 5.69 Å². The van der Waals surface area contributed by atoms with Gasteiger partial charge in [-0.25, -0.2) is 0 Å². The Bertz CT molecular complexity index is 1100. The summed E-state index contributed by atoms with van der Waals surface area (Å²) in [4.78, 5) is 40.4. The molecule has 4 rings (SSSR count). The van der Waals surface area contributed by atoms with E-state index in [9.17, 15) is 24.8 Å². The van der Waals surface area contributed by atoms with Crippen LogP contribution in [0.15, 0.2) is 54.1 Å². The maximum absolute atomic E-state index is 13.1. The number of ketones is 1. The van der Waals surface area contributed by atoms with Crippen molar-refractivity contribution < 1.29 is 24.4 Å². The van der Waals surface area contributed by atoms with Crippen LogP contribution in [0, 0.1) is 17.0 Å². The topological polar surface area (TPSA) is 113 Å². The summed E-state index contributed by atoms with van der Waals surface area (Å²) in [6, 6.07) is 11.9. The van der Waals surface area contributed by atoms with Gasteiger partial charge in [-0.1, -0.05) is 29.8 Å². The Labute approximate surface area is 197 Å². The summed E-state index contributed by atoms with van der Waals surface area (Å²) in [5, 5.41) is 22.2. The van der Waals surface area contributed by atoms with E-state index in [0.29, 0.717) is 37.3 Å². The number of hydrogen-bond donors (Lipinski definition) is 1. The minimum atomic E-state index is -0.827. The summed E-state index contributed by atoms with van der Waals surface area (Å²) in [7, 11) is 0. The molecule has 2 fully saturated rings. The van der Waals surface area contributed by atoms with Gasteiger partial charge in [0.2, 0.25) is 0 Å². The van der Waals surface area contributed by atoms with Crippen LogP contribution in [0.5, 0.6) is 0 Å². The number of carbonyl (C=O) groups is 2. The number of nitro groups is 1. The number of likely N-dealkylation sites (tertiary alicyclic amines) is 1. The molecule has 1 amide bonds. The van der Waals surface area contributed by atoms with Crippen molar-refractivity contribution in [2.45, 2.75) is 19.4 Å². The molecule has 2 aliphatic rings. The van der Waals surface area contributed by atoms with Gasteiger partial charge in [0, 0.05) is 43.9 Å². The van der Waals surface area contributed by atoms with Gasteiger partial charge in [-0.3, -0.25) is 24.6 Å². The fourth-order valence-electron chi connectivity index (χ4n) is 4.39. The lowest BCUT2D eigenvalue weighted by molar-refractivity contribution is -0.384. The number of aryl methyl sites for hydroxylation is 1. The zero-order chi connectivity index (χ0) is 24.2. The van der Waals surface area contributed by atoms with Crippen LogP contribution < -0.4 is 0 Å². The molecule has 34 heavy (non-hydrogen) atoms. The fraction of sp³-hybridized carbons (Fsp3) is 0.360. The lowest BCUT2D eigenvalue weighted by Crippen LogP contribution is -2.38. The molecule has 9 nitrogen and oxygen atoms in total. The standard InChI is InChI=1S/C25H27N3O6/c1-17-3-5-19(6-4-17)23(29)21-22(18-7-9-20(10-8-18)28(32)33)27(25(31)24(21)30)12-2-11-26-13-15-34-16-14-26/h3-10,22,29H,2,11-16H2,1H3/b23-21+/t22-/m0/s1. The zero-order valence-electron chi connectivity index (χ0n) is 19.0. The van der Waals surface area contributed by atoms with E-state index >= 15 is 0 Å². The molecule has 2 heterocycles. The molecule has 0 radical (unpaired) electrons. The third kappa shape index (κ3) is 4.85. The van der Waals surface area contributed by atoms with Gasteiger partial charge in [-0.15, -0.1) is 0 Å². The fourth-order valence-corrected chi connectivity index (χ4v) is 4.39. The van der Waals surface area contributed by atoms with E-state index in [1.54, 1.807) is 12.1 Å². The molecule has 0 aliphatic carbocycles. The van der Waals surface area contributed by atoms with Crippen molar-refractivity contribution >= 4 is 23.1 Å². The summed E-state index contributed by atoms with van der Waals surface area (Å²) in [6.45, 7) is 5.95. The minimum absolute atomic E-state index is 0.00548.